The maximum Gasteiger partial charge on any atom is 0.274 e. The zero-order valence-corrected chi connectivity index (χ0v) is 16.2. The van der Waals surface area contributed by atoms with Crippen LogP contribution in [0.4, 0.5) is 0 Å². The van der Waals surface area contributed by atoms with Gasteiger partial charge in [-0.25, -0.2) is 4.68 Å². The van der Waals surface area contributed by atoms with Crippen molar-refractivity contribution in [3.63, 3.8) is 0 Å². The maximum absolute atomic E-state index is 12.8. The Morgan fingerprint density at radius 3 is 2.43 bits per heavy atom. The minimum Gasteiger partial charge on any atom is -0.349 e. The lowest BCUT2D eigenvalue weighted by atomic mass is 10.1. The minimum atomic E-state index is -0.302. The molecule has 1 fully saturated rings. The predicted octanol–water partition coefficient (Wildman–Crippen LogP) is 2.33. The van der Waals surface area contributed by atoms with Crippen LogP contribution in [0.15, 0.2) is 59.4 Å². The molecule has 3 N–H and O–H groups in total. The van der Waals surface area contributed by atoms with Gasteiger partial charge in [-0.3, -0.25) is 9.59 Å². The maximum atomic E-state index is 12.8. The van der Waals surface area contributed by atoms with Gasteiger partial charge in [0.1, 0.15) is 0 Å². The number of benzene rings is 2. The summed E-state index contributed by atoms with van der Waals surface area (Å²) >= 11 is 0. The summed E-state index contributed by atoms with van der Waals surface area (Å²) in [5.41, 5.74) is 7.08. The number of nitrogens with zero attached hydrogens (tertiary/aromatic N) is 2. The summed E-state index contributed by atoms with van der Waals surface area (Å²) in [6.45, 7) is 0.726. The van der Waals surface area contributed by atoms with E-state index in [2.05, 4.69) is 10.4 Å². The highest BCUT2D eigenvalue weighted by Gasteiger charge is 2.29. The molecule has 1 aliphatic rings. The Labute approximate surface area is 169 Å². The molecule has 4 rings (SSSR count). The van der Waals surface area contributed by atoms with Gasteiger partial charge in [-0.05, 0) is 30.4 Å². The van der Waals surface area contributed by atoms with Gasteiger partial charge in [0.2, 0.25) is 0 Å². The quantitative estimate of drug-likeness (QED) is 0.666. The number of nitrogens with two attached hydrogens (primary N) is 1. The van der Waals surface area contributed by atoms with Crippen molar-refractivity contribution in [3.8, 4) is 0 Å². The van der Waals surface area contributed by atoms with E-state index in [1.807, 2.05) is 30.3 Å². The summed E-state index contributed by atoms with van der Waals surface area (Å²) in [5.74, 6) is 0.200. The number of aromatic nitrogens is 2. The highest BCUT2D eigenvalue weighted by molar-refractivity contribution is 6.04. The topological polar surface area (TPSA) is 90.0 Å². The van der Waals surface area contributed by atoms with Crippen molar-refractivity contribution < 1.29 is 4.79 Å². The second-order valence-electron chi connectivity index (χ2n) is 7.05. The van der Waals surface area contributed by atoms with E-state index in [1.165, 1.54) is 4.68 Å². The largest absolute Gasteiger partial charge is 0.349 e. The molecule has 0 aliphatic heterocycles. The van der Waals surface area contributed by atoms with Gasteiger partial charge in [-0.1, -0.05) is 48.5 Å². The number of fused-ring (bicyclic) bond motifs is 1. The van der Waals surface area contributed by atoms with Crippen LogP contribution in [-0.4, -0.2) is 28.3 Å². The van der Waals surface area contributed by atoms with Gasteiger partial charge in [0.15, 0.2) is 5.69 Å². The molecule has 6 nitrogen and oxygen atoms in total. The van der Waals surface area contributed by atoms with Crippen molar-refractivity contribution >= 4 is 29.1 Å². The van der Waals surface area contributed by atoms with E-state index < -0.39 is 0 Å². The summed E-state index contributed by atoms with van der Waals surface area (Å²) in [6, 6.07) is 16.6. The molecule has 28 heavy (non-hydrogen) atoms. The summed E-state index contributed by atoms with van der Waals surface area (Å²) in [5, 5.41) is 8.31. The third kappa shape index (κ3) is 4.24. The molecule has 1 amide bonds. The molecule has 1 atom stereocenters. The number of carbonyl (C=O) groups excluding carboxylic acids is 1. The average molecular weight is 399 g/mol. The normalized spacial score (nSPS) is 14.3. The minimum absolute atomic E-state index is 0. The average Bonchev–Trinajstić information content (AvgIpc) is 3.54. The standard InChI is InChI=1S/C21H22N4O2.ClH/c22-18(15-10-11-15)12-23-20(26)19-16-8-4-5-9-17(16)21(27)25(24-19)13-14-6-2-1-3-7-14;/h1-9,15,18H,10-13,22H2,(H,23,26);1H. The molecule has 1 heterocycles. The first-order chi connectivity index (χ1) is 13.1. The van der Waals surface area contributed by atoms with E-state index in [9.17, 15) is 9.59 Å². The monoisotopic (exact) mass is 398 g/mol. The molecule has 0 bridgehead atoms. The number of amides is 1. The van der Waals surface area contributed by atoms with Gasteiger partial charge in [0.25, 0.3) is 11.5 Å². The lowest BCUT2D eigenvalue weighted by molar-refractivity contribution is 0.0945. The smallest absolute Gasteiger partial charge is 0.274 e. The zero-order valence-electron chi connectivity index (χ0n) is 15.4. The Morgan fingerprint density at radius 2 is 1.75 bits per heavy atom. The molecule has 7 heteroatoms. The van der Waals surface area contributed by atoms with Crippen molar-refractivity contribution in [2.24, 2.45) is 11.7 Å². The molecule has 146 valence electrons. The van der Waals surface area contributed by atoms with Crippen molar-refractivity contribution in [2.75, 3.05) is 6.54 Å². The van der Waals surface area contributed by atoms with Crippen LogP contribution in [0.1, 0.15) is 28.9 Å². The van der Waals surface area contributed by atoms with Gasteiger partial charge >= 0.3 is 0 Å². The molecule has 1 saturated carbocycles. The van der Waals surface area contributed by atoms with Crippen LogP contribution in [0.5, 0.6) is 0 Å². The third-order valence-electron chi connectivity index (χ3n) is 4.98. The van der Waals surface area contributed by atoms with Crippen LogP contribution < -0.4 is 16.6 Å². The fraction of sp³-hybridized carbons (Fsp3) is 0.286. The van der Waals surface area contributed by atoms with Gasteiger partial charge in [0, 0.05) is 18.0 Å². The lowest BCUT2D eigenvalue weighted by Crippen LogP contribution is -2.39. The van der Waals surface area contributed by atoms with Crippen LogP contribution >= 0.6 is 12.4 Å². The van der Waals surface area contributed by atoms with Crippen LogP contribution in [-0.2, 0) is 6.54 Å². The summed E-state index contributed by atoms with van der Waals surface area (Å²) in [4.78, 5) is 25.6. The van der Waals surface area contributed by atoms with Crippen LogP contribution in [0.2, 0.25) is 0 Å². The molecule has 0 spiro atoms. The van der Waals surface area contributed by atoms with E-state index in [0.29, 0.717) is 29.8 Å². The number of halogens is 1. The van der Waals surface area contributed by atoms with Gasteiger partial charge in [0.05, 0.1) is 11.9 Å². The first-order valence-corrected chi connectivity index (χ1v) is 9.21. The zero-order chi connectivity index (χ0) is 18.8. The van der Waals surface area contributed by atoms with Crippen LogP contribution in [0.25, 0.3) is 10.8 Å². The Balaban J connectivity index is 0.00000225. The summed E-state index contributed by atoms with van der Waals surface area (Å²) in [7, 11) is 0. The van der Waals surface area contributed by atoms with Crippen molar-refractivity contribution in [2.45, 2.75) is 25.4 Å². The molecule has 1 unspecified atom stereocenters. The SMILES string of the molecule is Cl.NC(CNC(=O)c1nn(Cc2ccccc2)c(=O)c2ccccc12)C1CC1. The molecule has 2 aromatic carbocycles. The van der Waals surface area contributed by atoms with E-state index in [1.54, 1.807) is 24.3 Å². The Hall–Kier alpha value is -2.70. The second-order valence-corrected chi connectivity index (χ2v) is 7.05. The number of hydrogen-bond acceptors (Lipinski definition) is 4. The number of rotatable bonds is 6. The van der Waals surface area contributed by atoms with Gasteiger partial charge in [-0.15, -0.1) is 12.4 Å². The molecule has 0 saturated heterocycles. The molecule has 3 aromatic rings. The lowest BCUT2D eigenvalue weighted by Gasteiger charge is -2.14. The molecule has 1 aromatic heterocycles. The summed E-state index contributed by atoms with van der Waals surface area (Å²) < 4.78 is 1.35. The van der Waals surface area contributed by atoms with E-state index in [-0.39, 0.29) is 35.6 Å². The number of carbonyl (C=O) groups is 1. The van der Waals surface area contributed by atoms with E-state index in [0.717, 1.165) is 18.4 Å². The Bertz CT molecular complexity index is 1030. The fourth-order valence-corrected chi connectivity index (χ4v) is 3.25. The highest BCUT2D eigenvalue weighted by atomic mass is 35.5. The molecule has 1 aliphatic carbocycles. The second kappa shape index (κ2) is 8.54. The van der Waals surface area contributed by atoms with Gasteiger partial charge < -0.3 is 11.1 Å². The van der Waals surface area contributed by atoms with Crippen molar-refractivity contribution in [1.29, 1.82) is 0 Å². The van der Waals surface area contributed by atoms with Crippen LogP contribution in [0, 0.1) is 5.92 Å². The first-order valence-electron chi connectivity index (χ1n) is 9.21. The Kier molecular flexibility index (Phi) is 6.11. The third-order valence-corrected chi connectivity index (χ3v) is 4.98. The molecule has 0 radical (unpaired) electrons. The fourth-order valence-electron chi connectivity index (χ4n) is 3.25. The number of nitrogens with one attached hydrogen (secondary N) is 1. The highest BCUT2D eigenvalue weighted by Crippen LogP contribution is 2.31. The molecular formula is C21H23ClN4O2. The first kappa shape index (κ1) is 20.0. The molecular weight excluding hydrogens is 376 g/mol. The van der Waals surface area contributed by atoms with Crippen LogP contribution in [0.3, 0.4) is 0 Å². The van der Waals surface area contributed by atoms with E-state index in [4.69, 9.17) is 5.73 Å². The Morgan fingerprint density at radius 1 is 1.11 bits per heavy atom. The number of hydrogen-bond donors (Lipinski definition) is 2. The predicted molar refractivity (Wildman–Crippen MR) is 112 cm³/mol. The van der Waals surface area contributed by atoms with Gasteiger partial charge in [-0.2, -0.15) is 5.10 Å². The van der Waals surface area contributed by atoms with Crippen molar-refractivity contribution in [1.82, 2.24) is 15.1 Å². The van der Waals surface area contributed by atoms with Crippen molar-refractivity contribution in [3.05, 3.63) is 76.2 Å². The summed E-state index contributed by atoms with van der Waals surface area (Å²) in [6.07, 6.45) is 2.25. The van der Waals surface area contributed by atoms with E-state index >= 15 is 0 Å².